The molecule has 0 radical (unpaired) electrons. The first-order valence-electron chi connectivity index (χ1n) is 6.60. The molecule has 3 rings (SSSR count). The van der Waals surface area contributed by atoms with Crippen molar-refractivity contribution in [3.8, 4) is 10.6 Å². The highest BCUT2D eigenvalue weighted by molar-refractivity contribution is 7.98. The maximum Gasteiger partial charge on any atom is 0.123 e. The number of benzene rings is 2. The zero-order valence-electron chi connectivity index (χ0n) is 11.5. The lowest BCUT2D eigenvalue weighted by molar-refractivity contribution is 0.626. The van der Waals surface area contributed by atoms with Crippen LogP contribution in [0, 0.1) is 12.7 Å². The second-order valence-electron chi connectivity index (χ2n) is 4.75. The van der Waals surface area contributed by atoms with E-state index >= 15 is 0 Å². The van der Waals surface area contributed by atoms with E-state index in [9.17, 15) is 4.39 Å². The summed E-state index contributed by atoms with van der Waals surface area (Å²) in [7, 11) is 0. The highest BCUT2D eigenvalue weighted by atomic mass is 32.2. The fourth-order valence-corrected chi connectivity index (χ4v) is 3.61. The van der Waals surface area contributed by atoms with Crippen molar-refractivity contribution in [2.75, 3.05) is 0 Å². The van der Waals surface area contributed by atoms with Crippen molar-refractivity contribution in [1.29, 1.82) is 0 Å². The van der Waals surface area contributed by atoms with Gasteiger partial charge in [-0.2, -0.15) is 0 Å². The second kappa shape index (κ2) is 6.41. The molecule has 0 aliphatic rings. The van der Waals surface area contributed by atoms with Crippen LogP contribution < -0.4 is 0 Å². The molecule has 3 aromatic rings. The number of aryl methyl sites for hydroxylation is 1. The minimum absolute atomic E-state index is 0.199. The van der Waals surface area contributed by atoms with Gasteiger partial charge >= 0.3 is 0 Å². The number of hydrogen-bond acceptors (Lipinski definition) is 3. The smallest absolute Gasteiger partial charge is 0.123 e. The highest BCUT2D eigenvalue weighted by Crippen LogP contribution is 2.28. The van der Waals surface area contributed by atoms with Crippen LogP contribution in [0.1, 0.15) is 11.3 Å². The van der Waals surface area contributed by atoms with E-state index in [1.807, 2.05) is 0 Å². The lowest BCUT2D eigenvalue weighted by atomic mass is 10.2. The van der Waals surface area contributed by atoms with Crippen molar-refractivity contribution in [1.82, 2.24) is 4.98 Å². The molecule has 0 unspecified atom stereocenters. The van der Waals surface area contributed by atoms with Crippen LogP contribution in [-0.2, 0) is 5.75 Å². The highest BCUT2D eigenvalue weighted by Gasteiger charge is 2.05. The summed E-state index contributed by atoms with van der Waals surface area (Å²) in [5.41, 5.74) is 3.47. The van der Waals surface area contributed by atoms with Gasteiger partial charge in [0.15, 0.2) is 0 Å². The van der Waals surface area contributed by atoms with Crippen LogP contribution >= 0.6 is 23.1 Å². The third-order valence-electron chi connectivity index (χ3n) is 3.05. The van der Waals surface area contributed by atoms with Gasteiger partial charge in [0, 0.05) is 21.6 Å². The normalized spacial score (nSPS) is 10.8. The van der Waals surface area contributed by atoms with Gasteiger partial charge in [0.25, 0.3) is 0 Å². The van der Waals surface area contributed by atoms with Crippen LogP contribution in [0.4, 0.5) is 4.39 Å². The van der Waals surface area contributed by atoms with Gasteiger partial charge < -0.3 is 0 Å². The minimum atomic E-state index is -0.199. The van der Waals surface area contributed by atoms with E-state index in [0.717, 1.165) is 26.9 Å². The van der Waals surface area contributed by atoms with Crippen LogP contribution in [0.3, 0.4) is 0 Å². The number of thioether (sulfide) groups is 1. The van der Waals surface area contributed by atoms with Crippen molar-refractivity contribution < 1.29 is 4.39 Å². The van der Waals surface area contributed by atoms with E-state index in [1.54, 1.807) is 35.2 Å². The molecule has 21 heavy (non-hydrogen) atoms. The van der Waals surface area contributed by atoms with Crippen molar-refractivity contribution >= 4 is 23.1 Å². The predicted molar refractivity (Wildman–Crippen MR) is 88.2 cm³/mol. The van der Waals surface area contributed by atoms with Crippen LogP contribution in [0.5, 0.6) is 0 Å². The Hall–Kier alpha value is -1.65. The molecule has 0 aliphatic heterocycles. The molecule has 0 spiro atoms. The molecule has 1 heterocycles. The average Bonchev–Trinajstić information content (AvgIpc) is 2.96. The van der Waals surface area contributed by atoms with Gasteiger partial charge in [0.05, 0.1) is 5.69 Å². The Morgan fingerprint density at radius 2 is 1.76 bits per heavy atom. The van der Waals surface area contributed by atoms with E-state index in [0.29, 0.717) is 0 Å². The molecule has 0 fully saturated rings. The van der Waals surface area contributed by atoms with Crippen LogP contribution in [0.2, 0.25) is 0 Å². The van der Waals surface area contributed by atoms with Gasteiger partial charge in [0.2, 0.25) is 0 Å². The number of aromatic nitrogens is 1. The Kier molecular flexibility index (Phi) is 4.36. The first-order chi connectivity index (χ1) is 10.2. The molecule has 106 valence electrons. The van der Waals surface area contributed by atoms with E-state index in [1.165, 1.54) is 17.7 Å². The zero-order chi connectivity index (χ0) is 14.7. The van der Waals surface area contributed by atoms with Crippen molar-refractivity contribution in [2.24, 2.45) is 0 Å². The van der Waals surface area contributed by atoms with Gasteiger partial charge in [-0.3, -0.25) is 0 Å². The summed E-state index contributed by atoms with van der Waals surface area (Å²) in [6.07, 6.45) is 0. The number of halogens is 1. The maximum atomic E-state index is 12.8. The van der Waals surface area contributed by atoms with Gasteiger partial charge in [-0.05, 0) is 31.2 Å². The minimum Gasteiger partial charge on any atom is -0.240 e. The van der Waals surface area contributed by atoms with E-state index in [4.69, 9.17) is 0 Å². The average molecular weight is 315 g/mol. The molecule has 0 aliphatic carbocycles. The predicted octanol–water partition coefficient (Wildman–Crippen LogP) is 5.55. The Morgan fingerprint density at radius 1 is 1.05 bits per heavy atom. The number of thiazole rings is 1. The summed E-state index contributed by atoms with van der Waals surface area (Å²) in [5, 5.41) is 3.14. The Balaban J connectivity index is 1.67. The summed E-state index contributed by atoms with van der Waals surface area (Å²) in [6.45, 7) is 2.08. The third kappa shape index (κ3) is 3.71. The quantitative estimate of drug-likeness (QED) is 0.585. The molecular formula is C17H14FNS2. The largest absolute Gasteiger partial charge is 0.240 e. The number of rotatable bonds is 4. The van der Waals surface area contributed by atoms with E-state index in [2.05, 4.69) is 41.6 Å². The molecule has 0 bridgehead atoms. The zero-order valence-corrected chi connectivity index (χ0v) is 13.2. The van der Waals surface area contributed by atoms with Crippen LogP contribution in [0.15, 0.2) is 58.8 Å². The molecular weight excluding hydrogens is 301 g/mol. The van der Waals surface area contributed by atoms with Crippen molar-refractivity contribution in [3.05, 3.63) is 71.0 Å². The standard InChI is InChI=1S/C17H14FNS2/c1-12-2-4-13(5-3-12)17-19-15(11-21-17)10-20-16-8-6-14(18)7-9-16/h2-9,11H,10H2,1H3. The SMILES string of the molecule is Cc1ccc(-c2nc(CSc3ccc(F)cc3)cs2)cc1. The Labute approximate surface area is 131 Å². The van der Waals surface area contributed by atoms with Crippen LogP contribution in [0.25, 0.3) is 10.6 Å². The Bertz CT molecular complexity index is 717. The van der Waals surface area contributed by atoms with Gasteiger partial charge in [-0.25, -0.2) is 9.37 Å². The van der Waals surface area contributed by atoms with E-state index in [-0.39, 0.29) is 5.82 Å². The topological polar surface area (TPSA) is 12.9 Å². The first-order valence-corrected chi connectivity index (χ1v) is 8.47. The number of hydrogen-bond donors (Lipinski definition) is 0. The summed E-state index contributed by atoms with van der Waals surface area (Å²) >= 11 is 3.33. The van der Waals surface area contributed by atoms with Crippen LogP contribution in [-0.4, -0.2) is 4.98 Å². The molecule has 0 amide bonds. The Morgan fingerprint density at radius 3 is 2.48 bits per heavy atom. The molecule has 0 saturated heterocycles. The molecule has 0 saturated carbocycles. The molecule has 1 aromatic heterocycles. The summed E-state index contributed by atoms with van der Waals surface area (Å²) < 4.78 is 12.8. The molecule has 0 atom stereocenters. The summed E-state index contributed by atoms with van der Waals surface area (Å²) in [6, 6.07) is 15.0. The van der Waals surface area contributed by atoms with E-state index < -0.39 is 0 Å². The monoisotopic (exact) mass is 315 g/mol. The summed E-state index contributed by atoms with van der Waals surface area (Å²) in [5.74, 6) is 0.600. The third-order valence-corrected chi connectivity index (χ3v) is 5.04. The lowest BCUT2D eigenvalue weighted by Gasteiger charge is -1.99. The lowest BCUT2D eigenvalue weighted by Crippen LogP contribution is -1.83. The van der Waals surface area contributed by atoms with Gasteiger partial charge in [0.1, 0.15) is 10.8 Å². The fourth-order valence-electron chi connectivity index (χ4n) is 1.89. The van der Waals surface area contributed by atoms with Crippen molar-refractivity contribution in [2.45, 2.75) is 17.6 Å². The molecule has 0 N–H and O–H groups in total. The van der Waals surface area contributed by atoms with Gasteiger partial charge in [-0.1, -0.05) is 29.8 Å². The van der Waals surface area contributed by atoms with Crippen molar-refractivity contribution in [3.63, 3.8) is 0 Å². The fraction of sp³-hybridized carbons (Fsp3) is 0.118. The first kappa shape index (κ1) is 14.3. The second-order valence-corrected chi connectivity index (χ2v) is 6.66. The maximum absolute atomic E-state index is 12.8. The number of nitrogens with zero attached hydrogens (tertiary/aromatic N) is 1. The van der Waals surface area contributed by atoms with Gasteiger partial charge in [-0.15, -0.1) is 23.1 Å². The molecule has 1 nitrogen and oxygen atoms in total. The molecule has 2 aromatic carbocycles. The summed E-state index contributed by atoms with van der Waals surface area (Å²) in [4.78, 5) is 5.72. The molecule has 4 heteroatoms.